The highest BCUT2D eigenvalue weighted by molar-refractivity contribution is 7.20. The fourth-order valence-corrected chi connectivity index (χ4v) is 2.95. The molecule has 0 amide bonds. The smallest absolute Gasteiger partial charge is 0.311 e. The van der Waals surface area contributed by atoms with Crippen molar-refractivity contribution in [3.63, 3.8) is 0 Å². The summed E-state index contributed by atoms with van der Waals surface area (Å²) in [5.41, 5.74) is 0.874. The zero-order valence-electron chi connectivity index (χ0n) is 11.6. The average molecular weight is 342 g/mol. The van der Waals surface area contributed by atoms with E-state index in [9.17, 15) is 10.1 Å². The summed E-state index contributed by atoms with van der Waals surface area (Å²) in [6, 6.07) is 15.8. The molecule has 0 atom stereocenters. The van der Waals surface area contributed by atoms with Gasteiger partial charge in [0.2, 0.25) is 5.71 Å². The van der Waals surface area contributed by atoms with Gasteiger partial charge >= 0.3 is 5.97 Å². The van der Waals surface area contributed by atoms with E-state index >= 15 is 0 Å². The molecule has 3 rings (SSSR count). The molecule has 7 heteroatoms. The molecule has 0 spiro atoms. The topological polar surface area (TPSA) is 75.3 Å². The lowest BCUT2D eigenvalue weighted by Gasteiger charge is -2.00. The lowest BCUT2D eigenvalue weighted by molar-refractivity contribution is 0.0517. The molecule has 1 heterocycles. The predicted molar refractivity (Wildman–Crippen MR) is 88.6 cm³/mol. The van der Waals surface area contributed by atoms with E-state index in [4.69, 9.17) is 16.4 Å². The molecule has 0 fully saturated rings. The van der Waals surface area contributed by atoms with E-state index in [2.05, 4.69) is 10.1 Å². The van der Waals surface area contributed by atoms with Gasteiger partial charge in [-0.15, -0.1) is 11.3 Å². The van der Waals surface area contributed by atoms with Crippen LogP contribution in [0.15, 0.2) is 53.7 Å². The fraction of sp³-hybridized carbons (Fsp3) is 0. The molecular formula is C16H8ClN3O2S. The Morgan fingerprint density at radius 3 is 2.70 bits per heavy atom. The third kappa shape index (κ3) is 3.21. The van der Waals surface area contributed by atoms with Crippen molar-refractivity contribution in [2.24, 2.45) is 5.16 Å². The quantitative estimate of drug-likeness (QED) is 0.409. The number of nitrogens with zero attached hydrogens (tertiary/aromatic N) is 3. The van der Waals surface area contributed by atoms with Crippen LogP contribution in [0.4, 0.5) is 0 Å². The molecule has 0 aliphatic carbocycles. The molecule has 0 saturated heterocycles. The van der Waals surface area contributed by atoms with Crippen LogP contribution in [0.25, 0.3) is 10.2 Å². The van der Waals surface area contributed by atoms with E-state index in [1.807, 2.05) is 30.3 Å². The Bertz CT molecular complexity index is 926. The number of nitriles is 1. The van der Waals surface area contributed by atoms with Gasteiger partial charge in [-0.2, -0.15) is 5.26 Å². The number of carbonyl (C=O) groups is 1. The Morgan fingerprint density at radius 1 is 1.22 bits per heavy atom. The maximum atomic E-state index is 11.9. The summed E-state index contributed by atoms with van der Waals surface area (Å²) in [7, 11) is 0. The molecule has 1 aromatic heterocycles. The van der Waals surface area contributed by atoms with Crippen LogP contribution in [-0.4, -0.2) is 16.7 Å². The number of fused-ring (bicyclic) bond motifs is 1. The molecule has 0 bridgehead atoms. The summed E-state index contributed by atoms with van der Waals surface area (Å²) in [5, 5.41) is 13.5. The van der Waals surface area contributed by atoms with Gasteiger partial charge in [0, 0.05) is 0 Å². The molecule has 0 unspecified atom stereocenters. The summed E-state index contributed by atoms with van der Waals surface area (Å²) >= 11 is 7.21. The van der Waals surface area contributed by atoms with Gasteiger partial charge in [-0.05, 0) is 24.3 Å². The van der Waals surface area contributed by atoms with Crippen LogP contribution in [0, 0.1) is 11.3 Å². The van der Waals surface area contributed by atoms with E-state index in [0.29, 0.717) is 5.01 Å². The summed E-state index contributed by atoms with van der Waals surface area (Å²) in [5.74, 6) is -0.732. The van der Waals surface area contributed by atoms with E-state index in [1.165, 1.54) is 17.4 Å². The summed E-state index contributed by atoms with van der Waals surface area (Å²) in [4.78, 5) is 21.1. The minimum Gasteiger partial charge on any atom is -0.311 e. The Morgan fingerprint density at radius 2 is 1.96 bits per heavy atom. The highest BCUT2D eigenvalue weighted by Gasteiger charge is 2.14. The second-order valence-corrected chi connectivity index (χ2v) is 5.83. The molecule has 0 radical (unpaired) electrons. The van der Waals surface area contributed by atoms with Crippen molar-refractivity contribution in [1.82, 2.24) is 4.98 Å². The van der Waals surface area contributed by atoms with E-state index in [1.54, 1.807) is 18.2 Å². The Hall–Kier alpha value is -2.75. The maximum absolute atomic E-state index is 11.9. The van der Waals surface area contributed by atoms with Crippen LogP contribution in [0.2, 0.25) is 5.02 Å². The number of hydrogen-bond acceptors (Lipinski definition) is 6. The van der Waals surface area contributed by atoms with Crippen LogP contribution in [0.1, 0.15) is 15.4 Å². The maximum Gasteiger partial charge on any atom is 0.367 e. The molecule has 23 heavy (non-hydrogen) atoms. The Balaban J connectivity index is 1.86. The number of oxime groups is 1. The molecule has 5 nitrogen and oxygen atoms in total. The Kier molecular flexibility index (Phi) is 4.33. The van der Waals surface area contributed by atoms with Gasteiger partial charge in [0.15, 0.2) is 5.01 Å². The zero-order valence-corrected chi connectivity index (χ0v) is 13.1. The van der Waals surface area contributed by atoms with Crippen LogP contribution < -0.4 is 0 Å². The van der Waals surface area contributed by atoms with Crippen LogP contribution in [-0.2, 0) is 4.84 Å². The van der Waals surface area contributed by atoms with Crippen molar-refractivity contribution >= 4 is 44.8 Å². The number of benzene rings is 2. The first-order chi connectivity index (χ1) is 11.2. The van der Waals surface area contributed by atoms with E-state index in [-0.39, 0.29) is 16.3 Å². The average Bonchev–Trinajstić information content (AvgIpc) is 2.99. The van der Waals surface area contributed by atoms with E-state index < -0.39 is 5.97 Å². The molecule has 0 aliphatic heterocycles. The number of thiazole rings is 1. The van der Waals surface area contributed by atoms with Gasteiger partial charge in [0.25, 0.3) is 0 Å². The third-order valence-electron chi connectivity index (χ3n) is 2.92. The Labute approximate surface area is 140 Å². The van der Waals surface area contributed by atoms with Crippen LogP contribution >= 0.6 is 22.9 Å². The molecule has 0 saturated carbocycles. The largest absolute Gasteiger partial charge is 0.367 e. The van der Waals surface area contributed by atoms with Gasteiger partial charge in [-0.1, -0.05) is 41.0 Å². The normalized spacial score (nSPS) is 11.2. The molecule has 2 aromatic carbocycles. The number of para-hydroxylation sites is 1. The molecule has 3 aromatic rings. The highest BCUT2D eigenvalue weighted by atomic mass is 35.5. The van der Waals surface area contributed by atoms with Crippen molar-refractivity contribution in [2.75, 3.05) is 0 Å². The van der Waals surface area contributed by atoms with Crippen molar-refractivity contribution in [3.05, 3.63) is 64.1 Å². The van der Waals surface area contributed by atoms with Crippen LogP contribution in [0.5, 0.6) is 0 Å². The molecule has 0 aliphatic rings. The number of carbonyl (C=O) groups excluding carboxylic acids is 1. The zero-order chi connectivity index (χ0) is 16.2. The molecular weight excluding hydrogens is 334 g/mol. The van der Waals surface area contributed by atoms with Gasteiger partial charge < -0.3 is 4.84 Å². The lowest BCUT2D eigenvalue weighted by atomic mass is 10.2. The number of hydrogen-bond donors (Lipinski definition) is 0. The number of rotatable bonds is 3. The van der Waals surface area contributed by atoms with Crippen LogP contribution in [0.3, 0.4) is 0 Å². The summed E-state index contributed by atoms with van der Waals surface area (Å²) in [6.45, 7) is 0. The monoisotopic (exact) mass is 341 g/mol. The van der Waals surface area contributed by atoms with Crippen molar-refractivity contribution in [1.29, 1.82) is 5.26 Å². The lowest BCUT2D eigenvalue weighted by Crippen LogP contribution is -2.05. The minimum absolute atomic E-state index is 0.0633. The first kappa shape index (κ1) is 15.2. The van der Waals surface area contributed by atoms with Crippen molar-refractivity contribution < 1.29 is 9.63 Å². The van der Waals surface area contributed by atoms with Crippen molar-refractivity contribution in [3.8, 4) is 6.07 Å². The first-order valence-electron chi connectivity index (χ1n) is 6.49. The molecule has 112 valence electrons. The van der Waals surface area contributed by atoms with E-state index in [0.717, 1.165) is 10.2 Å². The second-order valence-electron chi connectivity index (χ2n) is 4.40. The highest BCUT2D eigenvalue weighted by Crippen LogP contribution is 2.22. The van der Waals surface area contributed by atoms with Gasteiger partial charge in [0.1, 0.15) is 6.07 Å². The SMILES string of the molecule is N#C/C(=N\OC(=O)c1ccccc1Cl)c1nc2ccccc2s1. The number of aromatic nitrogens is 1. The first-order valence-corrected chi connectivity index (χ1v) is 7.68. The third-order valence-corrected chi connectivity index (χ3v) is 4.29. The number of halogens is 1. The summed E-state index contributed by atoms with van der Waals surface area (Å²) in [6.07, 6.45) is 0. The predicted octanol–water partition coefficient (Wildman–Crippen LogP) is 4.03. The standard InChI is InChI=1S/C16H8ClN3O2S/c17-11-6-2-1-5-10(11)16(21)22-20-13(9-18)15-19-12-7-3-4-8-14(12)23-15/h1-8H/b20-13+. The van der Waals surface area contributed by atoms with Gasteiger partial charge in [0.05, 0.1) is 20.8 Å². The second kappa shape index (κ2) is 6.57. The summed E-state index contributed by atoms with van der Waals surface area (Å²) < 4.78 is 0.919. The molecule has 0 N–H and O–H groups in total. The minimum atomic E-state index is -0.732. The fourth-order valence-electron chi connectivity index (χ4n) is 1.84. The van der Waals surface area contributed by atoms with Crippen molar-refractivity contribution in [2.45, 2.75) is 0 Å². The van der Waals surface area contributed by atoms with Gasteiger partial charge in [-0.3, -0.25) is 0 Å². The van der Waals surface area contributed by atoms with Gasteiger partial charge in [-0.25, -0.2) is 9.78 Å².